The molecule has 1 N–H and O–H groups in total. The fourth-order valence-corrected chi connectivity index (χ4v) is 2.06. The van der Waals surface area contributed by atoms with Crippen LogP contribution in [0.3, 0.4) is 0 Å². The summed E-state index contributed by atoms with van der Waals surface area (Å²) in [4.78, 5) is 11.7. The van der Waals surface area contributed by atoms with E-state index in [4.69, 9.17) is 18.9 Å². The number of carbonyl (C=O) groups excluding carboxylic acids is 1. The Hall–Kier alpha value is -3.29. The third-order valence-corrected chi connectivity index (χ3v) is 3.32. The van der Waals surface area contributed by atoms with Gasteiger partial charge in [-0.25, -0.2) is 9.82 Å². The zero-order valence-corrected chi connectivity index (χ0v) is 14.6. The Morgan fingerprint density at radius 2 is 1.69 bits per heavy atom. The maximum Gasteiger partial charge on any atom is 0.277 e. The third kappa shape index (κ3) is 4.85. The molecule has 2 aromatic rings. The highest BCUT2D eigenvalue weighted by molar-refractivity contribution is 5.86. The molecule has 0 saturated heterocycles. The minimum absolute atomic E-state index is 0.00631. The summed E-state index contributed by atoms with van der Waals surface area (Å²) in [6.45, 7) is -0.374. The third-order valence-electron chi connectivity index (χ3n) is 3.32. The number of amides is 1. The van der Waals surface area contributed by atoms with Gasteiger partial charge in [0, 0.05) is 11.6 Å². The maximum absolute atomic E-state index is 13.4. The van der Waals surface area contributed by atoms with Crippen molar-refractivity contribution in [1.29, 1.82) is 0 Å². The van der Waals surface area contributed by atoms with Gasteiger partial charge in [0.05, 0.1) is 27.5 Å². The van der Waals surface area contributed by atoms with Gasteiger partial charge in [0.15, 0.2) is 29.7 Å². The molecule has 0 unspecified atom stereocenters. The molecule has 0 bridgehead atoms. The van der Waals surface area contributed by atoms with Crippen LogP contribution in [0.15, 0.2) is 41.5 Å². The molecule has 0 spiro atoms. The van der Waals surface area contributed by atoms with Crippen molar-refractivity contribution < 1.29 is 28.1 Å². The van der Waals surface area contributed by atoms with E-state index in [0.717, 1.165) is 0 Å². The van der Waals surface area contributed by atoms with Crippen LogP contribution in [0.25, 0.3) is 0 Å². The van der Waals surface area contributed by atoms with Crippen LogP contribution < -0.4 is 24.4 Å². The second-order valence-electron chi connectivity index (χ2n) is 4.96. The fourth-order valence-electron chi connectivity index (χ4n) is 2.06. The van der Waals surface area contributed by atoms with Gasteiger partial charge in [0.2, 0.25) is 0 Å². The normalized spacial score (nSPS) is 10.5. The van der Waals surface area contributed by atoms with Gasteiger partial charge >= 0.3 is 0 Å². The van der Waals surface area contributed by atoms with Crippen LogP contribution >= 0.6 is 0 Å². The Labute approximate surface area is 150 Å². The van der Waals surface area contributed by atoms with Gasteiger partial charge in [-0.15, -0.1) is 0 Å². The van der Waals surface area contributed by atoms with Crippen molar-refractivity contribution in [2.45, 2.75) is 0 Å². The molecule has 0 fully saturated rings. The molecule has 0 aliphatic rings. The first-order chi connectivity index (χ1) is 12.6. The van der Waals surface area contributed by atoms with Gasteiger partial charge in [-0.05, 0) is 18.2 Å². The number of ether oxygens (including phenoxy) is 4. The van der Waals surface area contributed by atoms with Crippen LogP contribution in [-0.2, 0) is 4.79 Å². The largest absolute Gasteiger partial charge is 0.496 e. The van der Waals surface area contributed by atoms with Crippen molar-refractivity contribution in [3.63, 3.8) is 0 Å². The van der Waals surface area contributed by atoms with Gasteiger partial charge in [-0.2, -0.15) is 5.10 Å². The SMILES string of the molecule is COc1cc(OC)c(OC)cc1/C=N/NC(=O)COc1ccccc1F. The summed E-state index contributed by atoms with van der Waals surface area (Å²) in [6.07, 6.45) is 1.39. The molecule has 26 heavy (non-hydrogen) atoms. The number of carbonyl (C=O) groups is 1. The summed E-state index contributed by atoms with van der Waals surface area (Å²) in [5.74, 6) is 0.395. The van der Waals surface area contributed by atoms with E-state index in [0.29, 0.717) is 22.8 Å². The van der Waals surface area contributed by atoms with E-state index < -0.39 is 11.7 Å². The number of rotatable bonds is 8. The number of nitrogens with zero attached hydrogens (tertiary/aromatic N) is 1. The van der Waals surface area contributed by atoms with Gasteiger partial charge in [-0.3, -0.25) is 4.79 Å². The molecule has 0 aliphatic heterocycles. The van der Waals surface area contributed by atoms with Gasteiger partial charge in [-0.1, -0.05) is 12.1 Å². The lowest BCUT2D eigenvalue weighted by Crippen LogP contribution is -2.24. The number of halogens is 1. The summed E-state index contributed by atoms with van der Waals surface area (Å²) in [7, 11) is 4.52. The van der Waals surface area contributed by atoms with Crippen molar-refractivity contribution in [1.82, 2.24) is 5.43 Å². The molecule has 0 saturated carbocycles. The molecular weight excluding hydrogens is 343 g/mol. The molecule has 7 nitrogen and oxygen atoms in total. The lowest BCUT2D eigenvalue weighted by molar-refractivity contribution is -0.123. The minimum Gasteiger partial charge on any atom is -0.496 e. The lowest BCUT2D eigenvalue weighted by Gasteiger charge is -2.11. The van der Waals surface area contributed by atoms with Crippen molar-refractivity contribution in [3.8, 4) is 23.0 Å². The molecule has 8 heteroatoms. The maximum atomic E-state index is 13.4. The Morgan fingerprint density at radius 3 is 2.35 bits per heavy atom. The number of nitrogens with one attached hydrogen (secondary N) is 1. The molecule has 1 amide bonds. The van der Waals surface area contributed by atoms with Crippen LogP contribution in [0.2, 0.25) is 0 Å². The van der Waals surface area contributed by atoms with E-state index >= 15 is 0 Å². The van der Waals surface area contributed by atoms with Gasteiger partial charge < -0.3 is 18.9 Å². The first kappa shape index (κ1) is 19.0. The van der Waals surface area contributed by atoms with Crippen LogP contribution in [0, 0.1) is 5.82 Å². The second kappa shape index (κ2) is 9.26. The number of hydrogen-bond donors (Lipinski definition) is 1. The predicted octanol–water partition coefficient (Wildman–Crippen LogP) is 2.38. The second-order valence-corrected chi connectivity index (χ2v) is 4.96. The van der Waals surface area contributed by atoms with Crippen molar-refractivity contribution in [3.05, 3.63) is 47.8 Å². The summed E-state index contributed by atoms with van der Waals surface area (Å²) in [6, 6.07) is 9.11. The molecule has 2 aromatic carbocycles. The van der Waals surface area contributed by atoms with Crippen molar-refractivity contribution in [2.24, 2.45) is 5.10 Å². The van der Waals surface area contributed by atoms with Crippen LogP contribution in [0.4, 0.5) is 4.39 Å². The quantitative estimate of drug-likeness (QED) is 0.576. The van der Waals surface area contributed by atoms with Gasteiger partial charge in [0.25, 0.3) is 5.91 Å². The van der Waals surface area contributed by atoms with Gasteiger partial charge in [0.1, 0.15) is 5.75 Å². The summed E-state index contributed by atoms with van der Waals surface area (Å²) in [5.41, 5.74) is 2.86. The zero-order chi connectivity index (χ0) is 18.9. The molecule has 138 valence electrons. The van der Waals surface area contributed by atoms with E-state index in [1.54, 1.807) is 18.2 Å². The molecule has 2 rings (SSSR count). The molecule has 0 aromatic heterocycles. The number of hydrogen-bond acceptors (Lipinski definition) is 6. The molecular formula is C18H19FN2O5. The smallest absolute Gasteiger partial charge is 0.277 e. The monoisotopic (exact) mass is 362 g/mol. The average molecular weight is 362 g/mol. The topological polar surface area (TPSA) is 78.4 Å². The number of para-hydroxylation sites is 1. The highest BCUT2D eigenvalue weighted by Crippen LogP contribution is 2.33. The molecule has 0 radical (unpaired) electrons. The molecule has 0 atom stereocenters. The van der Waals surface area contributed by atoms with E-state index in [-0.39, 0.29) is 12.4 Å². The lowest BCUT2D eigenvalue weighted by atomic mass is 10.2. The predicted molar refractivity (Wildman–Crippen MR) is 93.7 cm³/mol. The summed E-state index contributed by atoms with van der Waals surface area (Å²) < 4.78 is 34.2. The van der Waals surface area contributed by atoms with Crippen molar-refractivity contribution in [2.75, 3.05) is 27.9 Å². The average Bonchev–Trinajstić information content (AvgIpc) is 2.66. The minimum atomic E-state index is -0.543. The Bertz CT molecular complexity index is 795. The van der Waals surface area contributed by atoms with Crippen LogP contribution in [0.1, 0.15) is 5.56 Å². The van der Waals surface area contributed by atoms with Crippen LogP contribution in [-0.4, -0.2) is 40.1 Å². The van der Waals surface area contributed by atoms with E-state index in [1.807, 2.05) is 0 Å². The highest BCUT2D eigenvalue weighted by atomic mass is 19.1. The number of benzene rings is 2. The van der Waals surface area contributed by atoms with Crippen LogP contribution in [0.5, 0.6) is 23.0 Å². The summed E-state index contributed by atoms with van der Waals surface area (Å²) >= 11 is 0. The fraction of sp³-hybridized carbons (Fsp3) is 0.222. The summed E-state index contributed by atoms with van der Waals surface area (Å²) in [5, 5.41) is 3.84. The Kier molecular flexibility index (Phi) is 6.78. The van der Waals surface area contributed by atoms with Crippen molar-refractivity contribution >= 4 is 12.1 Å². The molecule has 0 aliphatic carbocycles. The first-order valence-electron chi connectivity index (χ1n) is 7.58. The zero-order valence-electron chi connectivity index (χ0n) is 14.6. The highest BCUT2D eigenvalue weighted by Gasteiger charge is 2.11. The first-order valence-corrected chi connectivity index (χ1v) is 7.58. The Balaban J connectivity index is 1.99. The van der Waals surface area contributed by atoms with E-state index in [2.05, 4.69) is 10.5 Å². The Morgan fingerprint density at radius 1 is 1.04 bits per heavy atom. The number of hydrazone groups is 1. The standard InChI is InChI=1S/C18H19FN2O5/c1-23-15-9-17(25-3)16(24-2)8-12(15)10-20-21-18(22)11-26-14-7-5-4-6-13(14)19/h4-10H,11H2,1-3H3,(H,21,22)/b20-10+. The molecule has 0 heterocycles. The van der Waals surface area contributed by atoms with E-state index in [1.165, 1.54) is 45.7 Å². The van der Waals surface area contributed by atoms with E-state index in [9.17, 15) is 9.18 Å². The number of methoxy groups -OCH3 is 3.